The summed E-state index contributed by atoms with van der Waals surface area (Å²) < 4.78 is 132. The molecule has 2 aromatic rings. The molecular weight excluding hydrogens is 587 g/mol. The van der Waals surface area contributed by atoms with Crippen LogP contribution < -0.4 is 4.90 Å². The molecule has 0 aliphatic carbocycles. The molecule has 3 rings (SSSR count). The zero-order valence-electron chi connectivity index (χ0n) is 23.0. The molecule has 0 unspecified atom stereocenters. The Labute approximate surface area is 235 Å². The average Bonchev–Trinajstić information content (AvgIpc) is 2.83. The Kier molecular flexibility index (Phi) is 8.77. The Bertz CT molecular complexity index is 1300. The van der Waals surface area contributed by atoms with E-state index >= 15 is 0 Å². The normalized spacial score (nSPS) is 17.9. The third kappa shape index (κ3) is 7.40. The van der Waals surface area contributed by atoms with Crippen molar-refractivity contribution in [3.05, 3.63) is 64.2 Å². The van der Waals surface area contributed by atoms with Crippen LogP contribution in [0.2, 0.25) is 0 Å². The number of carbonyl (C=O) groups excluding carboxylic acids is 2. The van der Waals surface area contributed by atoms with Crippen molar-refractivity contribution < 1.29 is 58.6 Å². The highest BCUT2D eigenvalue weighted by Gasteiger charge is 2.43. The maximum Gasteiger partial charge on any atom is 0.416 e. The maximum atomic E-state index is 13.6. The fourth-order valence-corrected chi connectivity index (χ4v) is 4.61. The van der Waals surface area contributed by atoms with E-state index in [-0.39, 0.29) is 23.7 Å². The van der Waals surface area contributed by atoms with Crippen molar-refractivity contribution in [1.82, 2.24) is 4.90 Å². The lowest BCUT2D eigenvalue weighted by Gasteiger charge is -2.43. The fourth-order valence-electron chi connectivity index (χ4n) is 4.61. The minimum absolute atomic E-state index is 0.0274. The van der Waals surface area contributed by atoms with Crippen molar-refractivity contribution in [3.63, 3.8) is 0 Å². The van der Waals surface area contributed by atoms with Gasteiger partial charge in [-0.25, -0.2) is 9.59 Å². The van der Waals surface area contributed by atoms with E-state index in [0.29, 0.717) is 24.3 Å². The van der Waals surface area contributed by atoms with Gasteiger partial charge >= 0.3 is 30.7 Å². The molecule has 6 nitrogen and oxygen atoms in total. The van der Waals surface area contributed by atoms with Crippen molar-refractivity contribution in [1.29, 1.82) is 0 Å². The van der Waals surface area contributed by atoms with E-state index < -0.39 is 77.2 Å². The van der Waals surface area contributed by atoms with Gasteiger partial charge < -0.3 is 9.47 Å². The first kappa shape index (κ1) is 32.9. The molecule has 1 aliphatic rings. The van der Waals surface area contributed by atoms with E-state index in [1.807, 2.05) is 0 Å². The summed E-state index contributed by atoms with van der Waals surface area (Å²) >= 11 is 0. The van der Waals surface area contributed by atoms with Crippen molar-refractivity contribution in [2.75, 3.05) is 12.0 Å². The van der Waals surface area contributed by atoms with Gasteiger partial charge in [-0.15, -0.1) is 0 Å². The Morgan fingerprint density at radius 1 is 0.857 bits per heavy atom. The second-order valence-electron chi connectivity index (χ2n) is 10.7. The topological polar surface area (TPSA) is 59.1 Å². The highest BCUT2D eigenvalue weighted by molar-refractivity contribution is 5.91. The number of fused-ring (bicyclic) bond motifs is 1. The van der Waals surface area contributed by atoms with Gasteiger partial charge in [0.1, 0.15) is 5.60 Å². The van der Waals surface area contributed by atoms with Crippen LogP contribution in [0, 0.1) is 0 Å². The van der Waals surface area contributed by atoms with Gasteiger partial charge in [-0.2, -0.15) is 39.5 Å². The summed E-state index contributed by atoms with van der Waals surface area (Å²) in [5.41, 5.74) is -6.27. The Balaban J connectivity index is 2.19. The molecule has 232 valence electrons. The van der Waals surface area contributed by atoms with E-state index in [0.717, 1.165) is 23.0 Å². The molecule has 0 N–H and O–H groups in total. The lowest BCUT2D eigenvalue weighted by atomic mass is 9.89. The number of methoxy groups -OCH3 is 1. The van der Waals surface area contributed by atoms with Crippen LogP contribution in [0.1, 0.15) is 68.0 Å². The first-order valence-corrected chi connectivity index (χ1v) is 12.4. The molecule has 42 heavy (non-hydrogen) atoms. The van der Waals surface area contributed by atoms with Gasteiger partial charge in [0.2, 0.25) is 0 Å². The third-order valence-corrected chi connectivity index (χ3v) is 6.36. The Morgan fingerprint density at radius 2 is 1.38 bits per heavy atom. The van der Waals surface area contributed by atoms with Crippen LogP contribution in [0.25, 0.3) is 0 Å². The van der Waals surface area contributed by atoms with E-state index in [9.17, 15) is 49.1 Å². The SMILES string of the molecule is COC(=O)N(Cc1cc(C(F)(F)F)cc(C(F)(F)F)c1)[C@H]1C[C@@H](C)N(C(=O)OC(C)(C)C)c2cc(C(F)(F)F)ccc21. The molecule has 0 fully saturated rings. The van der Waals surface area contributed by atoms with Crippen LogP contribution >= 0.6 is 0 Å². The van der Waals surface area contributed by atoms with E-state index in [2.05, 4.69) is 0 Å². The molecule has 1 heterocycles. The summed E-state index contributed by atoms with van der Waals surface area (Å²) in [6.45, 7) is 5.24. The molecule has 2 aromatic carbocycles. The number of halogens is 9. The second-order valence-corrected chi connectivity index (χ2v) is 10.7. The molecule has 2 atom stereocenters. The van der Waals surface area contributed by atoms with Gasteiger partial charge in [0, 0.05) is 12.6 Å². The summed E-state index contributed by atoms with van der Waals surface area (Å²) in [6.07, 6.45) is -17.5. The number of rotatable bonds is 3. The molecule has 0 bridgehead atoms. The fraction of sp³-hybridized carbons (Fsp3) is 0.481. The number of benzene rings is 2. The molecule has 0 radical (unpaired) electrons. The van der Waals surface area contributed by atoms with Crippen molar-refractivity contribution >= 4 is 17.9 Å². The average molecular weight is 615 g/mol. The summed E-state index contributed by atoms with van der Waals surface area (Å²) in [5, 5.41) is 0. The molecule has 0 aromatic heterocycles. The lowest BCUT2D eigenvalue weighted by molar-refractivity contribution is -0.143. The van der Waals surface area contributed by atoms with Crippen LogP contribution in [0.15, 0.2) is 36.4 Å². The number of amides is 2. The summed E-state index contributed by atoms with van der Waals surface area (Å²) in [4.78, 5) is 27.7. The standard InChI is InChI=1S/C27H27F9N2O4/c1-14-8-20(19-7-6-16(25(28,29)30)12-21(19)38(14)23(40)42-24(2,3)4)37(22(39)41-5)13-15-9-17(26(31,32)33)11-18(10-15)27(34,35)36/h6-7,9-12,14,20H,8,13H2,1-5H3/t14-,20+/m1/s1. The first-order valence-electron chi connectivity index (χ1n) is 12.4. The molecule has 0 saturated carbocycles. The maximum absolute atomic E-state index is 13.6. The van der Waals surface area contributed by atoms with Gasteiger partial charge in [-0.05, 0) is 75.6 Å². The Morgan fingerprint density at radius 3 is 1.83 bits per heavy atom. The van der Waals surface area contributed by atoms with Gasteiger partial charge in [0.15, 0.2) is 0 Å². The molecule has 0 spiro atoms. The van der Waals surface area contributed by atoms with Crippen molar-refractivity contribution in [3.8, 4) is 0 Å². The third-order valence-electron chi connectivity index (χ3n) is 6.36. The molecular formula is C27H27F9N2O4. The largest absolute Gasteiger partial charge is 0.453 e. The minimum Gasteiger partial charge on any atom is -0.453 e. The molecule has 2 amide bonds. The number of carbonyl (C=O) groups is 2. The first-order chi connectivity index (χ1) is 19.0. The van der Waals surface area contributed by atoms with E-state index in [4.69, 9.17) is 9.47 Å². The zero-order chi connectivity index (χ0) is 32.0. The molecule has 0 saturated heterocycles. The number of alkyl halides is 9. The number of hydrogen-bond acceptors (Lipinski definition) is 4. The summed E-state index contributed by atoms with van der Waals surface area (Å²) in [6, 6.07) is 1.03. The predicted molar refractivity (Wildman–Crippen MR) is 131 cm³/mol. The number of ether oxygens (including phenoxy) is 2. The van der Waals surface area contributed by atoms with Crippen molar-refractivity contribution in [2.45, 2.75) is 76.9 Å². The number of nitrogens with zero attached hydrogens (tertiary/aromatic N) is 2. The van der Waals surface area contributed by atoms with Crippen LogP contribution in [-0.4, -0.2) is 35.8 Å². The van der Waals surface area contributed by atoms with Crippen LogP contribution in [0.4, 0.5) is 54.8 Å². The zero-order valence-corrected chi connectivity index (χ0v) is 23.0. The number of anilines is 1. The van der Waals surface area contributed by atoms with Crippen molar-refractivity contribution in [2.24, 2.45) is 0 Å². The summed E-state index contributed by atoms with van der Waals surface area (Å²) in [5.74, 6) is 0. The summed E-state index contributed by atoms with van der Waals surface area (Å²) in [7, 11) is 0.926. The van der Waals surface area contributed by atoms with Gasteiger partial charge in [0.25, 0.3) is 0 Å². The Hall–Kier alpha value is -3.65. The lowest BCUT2D eigenvalue weighted by Crippen LogP contribution is -2.49. The molecule has 1 aliphatic heterocycles. The smallest absolute Gasteiger partial charge is 0.416 e. The highest BCUT2D eigenvalue weighted by Crippen LogP contribution is 2.45. The minimum atomic E-state index is -5.15. The number of hydrogen-bond donors (Lipinski definition) is 0. The van der Waals surface area contributed by atoms with Crippen LogP contribution in [0.3, 0.4) is 0 Å². The highest BCUT2D eigenvalue weighted by atomic mass is 19.4. The van der Waals surface area contributed by atoms with Gasteiger partial charge in [-0.3, -0.25) is 9.80 Å². The van der Waals surface area contributed by atoms with E-state index in [1.165, 1.54) is 6.92 Å². The predicted octanol–water partition coefficient (Wildman–Crippen LogP) is 8.59. The monoisotopic (exact) mass is 614 g/mol. The second kappa shape index (κ2) is 11.2. The van der Waals surface area contributed by atoms with E-state index in [1.54, 1.807) is 20.8 Å². The van der Waals surface area contributed by atoms with Crippen LogP contribution in [-0.2, 0) is 34.5 Å². The van der Waals surface area contributed by atoms with Crippen LogP contribution in [0.5, 0.6) is 0 Å². The van der Waals surface area contributed by atoms with Gasteiger partial charge in [-0.1, -0.05) is 6.07 Å². The molecule has 15 heteroatoms. The van der Waals surface area contributed by atoms with Gasteiger partial charge in [0.05, 0.1) is 35.5 Å². The quantitative estimate of drug-likeness (QED) is 0.325.